The third-order valence-electron chi connectivity index (χ3n) is 3.36. The van der Waals surface area contributed by atoms with Crippen LogP contribution < -0.4 is 5.32 Å². The Bertz CT molecular complexity index is 610. The Morgan fingerprint density at radius 1 is 1.32 bits per heavy atom. The maximum atomic E-state index is 12.6. The summed E-state index contributed by atoms with van der Waals surface area (Å²) in [6.07, 6.45) is 0. The van der Waals surface area contributed by atoms with Gasteiger partial charge in [-0.1, -0.05) is 17.7 Å². The SMILES string of the molecule is Cc1ccc(S(=O)(=O)N2CCNC(=O)C2C)c(C)c1. The molecule has 2 rings (SSSR count). The average Bonchev–Trinajstić information content (AvgIpc) is 2.31. The second-order valence-electron chi connectivity index (χ2n) is 4.85. The minimum absolute atomic E-state index is 0.250. The van der Waals surface area contributed by atoms with E-state index < -0.39 is 16.1 Å². The van der Waals surface area contributed by atoms with Crippen LogP contribution in [0.15, 0.2) is 23.1 Å². The second kappa shape index (κ2) is 4.94. The molecule has 1 heterocycles. The Morgan fingerprint density at radius 3 is 2.63 bits per heavy atom. The fourth-order valence-corrected chi connectivity index (χ4v) is 4.11. The molecular formula is C13H18N2O3S. The van der Waals surface area contributed by atoms with Crippen LogP contribution in [0.1, 0.15) is 18.1 Å². The van der Waals surface area contributed by atoms with Crippen LogP contribution in [0.3, 0.4) is 0 Å². The van der Waals surface area contributed by atoms with Gasteiger partial charge in [0.1, 0.15) is 6.04 Å². The zero-order chi connectivity index (χ0) is 14.2. The van der Waals surface area contributed by atoms with Crippen LogP contribution in [0.5, 0.6) is 0 Å². The highest BCUT2D eigenvalue weighted by atomic mass is 32.2. The van der Waals surface area contributed by atoms with Crippen molar-refractivity contribution >= 4 is 15.9 Å². The van der Waals surface area contributed by atoms with Crippen molar-refractivity contribution in [1.82, 2.24) is 9.62 Å². The molecule has 6 heteroatoms. The predicted molar refractivity (Wildman–Crippen MR) is 72.3 cm³/mol. The molecule has 0 aromatic heterocycles. The van der Waals surface area contributed by atoms with Crippen molar-refractivity contribution in [3.63, 3.8) is 0 Å². The molecule has 5 nitrogen and oxygen atoms in total. The van der Waals surface area contributed by atoms with Crippen molar-refractivity contribution in [2.45, 2.75) is 31.7 Å². The van der Waals surface area contributed by atoms with Gasteiger partial charge in [-0.25, -0.2) is 8.42 Å². The van der Waals surface area contributed by atoms with Crippen molar-refractivity contribution in [3.8, 4) is 0 Å². The summed E-state index contributed by atoms with van der Waals surface area (Å²) in [4.78, 5) is 11.9. The number of hydrogen-bond donors (Lipinski definition) is 1. The van der Waals surface area contributed by atoms with E-state index in [1.807, 2.05) is 13.0 Å². The van der Waals surface area contributed by atoms with E-state index in [9.17, 15) is 13.2 Å². The second-order valence-corrected chi connectivity index (χ2v) is 6.71. The van der Waals surface area contributed by atoms with Gasteiger partial charge in [0.05, 0.1) is 4.90 Å². The standard InChI is InChI=1S/C13H18N2O3S/c1-9-4-5-12(10(2)8-9)19(17,18)15-7-6-14-13(16)11(15)3/h4-5,8,11H,6-7H2,1-3H3,(H,14,16). The topological polar surface area (TPSA) is 66.5 Å². The molecule has 104 valence electrons. The Morgan fingerprint density at radius 2 is 2.00 bits per heavy atom. The first kappa shape index (κ1) is 14.0. The van der Waals surface area contributed by atoms with Gasteiger partial charge in [0.2, 0.25) is 15.9 Å². The first-order valence-corrected chi connectivity index (χ1v) is 7.65. The molecule has 1 aliphatic heterocycles. The quantitative estimate of drug-likeness (QED) is 0.873. The Hall–Kier alpha value is -1.40. The molecule has 1 atom stereocenters. The molecule has 1 aromatic carbocycles. The number of carbonyl (C=O) groups excluding carboxylic acids is 1. The van der Waals surface area contributed by atoms with Crippen LogP contribution in [0.2, 0.25) is 0 Å². The molecule has 0 radical (unpaired) electrons. The van der Waals surface area contributed by atoms with Gasteiger partial charge in [-0.15, -0.1) is 0 Å². The van der Waals surface area contributed by atoms with Crippen molar-refractivity contribution in [2.24, 2.45) is 0 Å². The minimum Gasteiger partial charge on any atom is -0.353 e. The molecular weight excluding hydrogens is 264 g/mol. The Kier molecular flexibility index (Phi) is 3.64. The lowest BCUT2D eigenvalue weighted by molar-refractivity contribution is -0.126. The number of nitrogens with zero attached hydrogens (tertiary/aromatic N) is 1. The van der Waals surface area contributed by atoms with Crippen molar-refractivity contribution in [1.29, 1.82) is 0 Å². The highest BCUT2D eigenvalue weighted by Crippen LogP contribution is 2.23. The molecule has 1 saturated heterocycles. The van der Waals surface area contributed by atoms with E-state index in [4.69, 9.17) is 0 Å². The van der Waals surface area contributed by atoms with Gasteiger partial charge in [-0.3, -0.25) is 4.79 Å². The summed E-state index contributed by atoms with van der Waals surface area (Å²) in [5.41, 5.74) is 1.72. The van der Waals surface area contributed by atoms with E-state index in [1.54, 1.807) is 26.0 Å². The van der Waals surface area contributed by atoms with Gasteiger partial charge in [0.25, 0.3) is 0 Å². The zero-order valence-corrected chi connectivity index (χ0v) is 12.1. The molecule has 0 aliphatic carbocycles. The number of hydrogen-bond acceptors (Lipinski definition) is 3. The van der Waals surface area contributed by atoms with Gasteiger partial charge < -0.3 is 5.32 Å². The number of nitrogens with one attached hydrogen (secondary N) is 1. The molecule has 1 aromatic rings. The van der Waals surface area contributed by atoms with Crippen LogP contribution >= 0.6 is 0 Å². The van der Waals surface area contributed by atoms with Gasteiger partial charge in [-0.2, -0.15) is 4.31 Å². The number of benzene rings is 1. The summed E-state index contributed by atoms with van der Waals surface area (Å²) in [6, 6.07) is 4.55. The van der Waals surface area contributed by atoms with Crippen LogP contribution in [-0.2, 0) is 14.8 Å². The molecule has 1 aliphatic rings. The van der Waals surface area contributed by atoms with Crippen molar-refractivity contribution in [2.75, 3.05) is 13.1 Å². The first-order chi connectivity index (χ1) is 8.84. The van der Waals surface area contributed by atoms with Crippen molar-refractivity contribution in [3.05, 3.63) is 29.3 Å². The van der Waals surface area contributed by atoms with Crippen molar-refractivity contribution < 1.29 is 13.2 Å². The molecule has 0 saturated carbocycles. The monoisotopic (exact) mass is 282 g/mol. The first-order valence-electron chi connectivity index (χ1n) is 6.21. The molecule has 1 N–H and O–H groups in total. The predicted octanol–water partition coefficient (Wildman–Crippen LogP) is 0.812. The molecule has 1 fully saturated rings. The average molecular weight is 282 g/mol. The van der Waals surface area contributed by atoms with Gasteiger partial charge in [0, 0.05) is 13.1 Å². The molecule has 1 amide bonds. The van der Waals surface area contributed by atoms with Crippen LogP contribution in [0, 0.1) is 13.8 Å². The van der Waals surface area contributed by atoms with Gasteiger partial charge >= 0.3 is 0 Å². The Balaban J connectivity index is 2.44. The summed E-state index contributed by atoms with van der Waals surface area (Å²) in [7, 11) is -3.62. The minimum atomic E-state index is -3.62. The smallest absolute Gasteiger partial charge is 0.244 e. The largest absolute Gasteiger partial charge is 0.353 e. The highest BCUT2D eigenvalue weighted by Gasteiger charge is 2.36. The van der Waals surface area contributed by atoms with Gasteiger partial charge in [-0.05, 0) is 32.4 Å². The molecule has 1 unspecified atom stereocenters. The lowest BCUT2D eigenvalue weighted by Crippen LogP contribution is -2.55. The third kappa shape index (κ3) is 2.50. The third-order valence-corrected chi connectivity index (χ3v) is 5.49. The van der Waals surface area contributed by atoms with Crippen LogP contribution in [0.25, 0.3) is 0 Å². The summed E-state index contributed by atoms with van der Waals surface area (Å²) < 4.78 is 26.5. The fourth-order valence-electron chi connectivity index (χ4n) is 2.30. The van der Waals surface area contributed by atoms with E-state index in [0.717, 1.165) is 5.56 Å². The summed E-state index contributed by atoms with van der Waals surface area (Å²) in [5.74, 6) is -0.250. The summed E-state index contributed by atoms with van der Waals surface area (Å²) in [5, 5.41) is 2.66. The van der Waals surface area contributed by atoms with E-state index in [0.29, 0.717) is 18.7 Å². The van der Waals surface area contributed by atoms with E-state index in [-0.39, 0.29) is 10.8 Å². The number of sulfonamides is 1. The van der Waals surface area contributed by atoms with Crippen LogP contribution in [0.4, 0.5) is 0 Å². The summed E-state index contributed by atoms with van der Waals surface area (Å²) in [6.45, 7) is 5.96. The molecule has 0 spiro atoms. The van der Waals surface area contributed by atoms with E-state index in [1.165, 1.54) is 4.31 Å². The maximum Gasteiger partial charge on any atom is 0.244 e. The number of amides is 1. The number of rotatable bonds is 2. The summed E-state index contributed by atoms with van der Waals surface area (Å²) >= 11 is 0. The number of carbonyl (C=O) groups is 1. The van der Waals surface area contributed by atoms with E-state index >= 15 is 0 Å². The fraction of sp³-hybridized carbons (Fsp3) is 0.462. The normalized spacial score (nSPS) is 21.2. The number of piperazine rings is 1. The maximum absolute atomic E-state index is 12.6. The lowest BCUT2D eigenvalue weighted by atomic mass is 10.2. The lowest BCUT2D eigenvalue weighted by Gasteiger charge is -2.32. The Labute approximate surface area is 113 Å². The molecule has 19 heavy (non-hydrogen) atoms. The highest BCUT2D eigenvalue weighted by molar-refractivity contribution is 7.89. The number of aryl methyl sites for hydroxylation is 2. The van der Waals surface area contributed by atoms with E-state index in [2.05, 4.69) is 5.32 Å². The molecule has 0 bridgehead atoms. The van der Waals surface area contributed by atoms with Gasteiger partial charge in [0.15, 0.2) is 0 Å². The zero-order valence-electron chi connectivity index (χ0n) is 11.3. The van der Waals surface area contributed by atoms with Crippen LogP contribution in [-0.4, -0.2) is 37.8 Å².